The molecule has 0 saturated heterocycles. The standard InChI is InChI=1S/C20H22N2O3/c1-14(23)22-11-10-16-13-17(8-9-18(16)22)21-20(24)19(25-2)12-15-6-4-3-5-7-15/h3-9,13,19H,10-12H2,1-2H3,(H,21,24). The lowest BCUT2D eigenvalue weighted by atomic mass is 10.1. The summed E-state index contributed by atoms with van der Waals surface area (Å²) in [7, 11) is 1.54. The molecule has 25 heavy (non-hydrogen) atoms. The molecule has 0 spiro atoms. The van der Waals surface area contributed by atoms with Crippen LogP contribution < -0.4 is 10.2 Å². The Morgan fingerprint density at radius 2 is 1.96 bits per heavy atom. The number of hydrogen-bond donors (Lipinski definition) is 1. The quantitative estimate of drug-likeness (QED) is 0.912. The van der Waals surface area contributed by atoms with E-state index in [0.29, 0.717) is 13.0 Å². The number of methoxy groups -OCH3 is 1. The lowest BCUT2D eigenvalue weighted by Gasteiger charge is -2.17. The number of carbonyl (C=O) groups is 2. The fraction of sp³-hybridized carbons (Fsp3) is 0.300. The van der Waals surface area contributed by atoms with Gasteiger partial charge < -0.3 is 15.0 Å². The molecular weight excluding hydrogens is 316 g/mol. The summed E-state index contributed by atoms with van der Waals surface area (Å²) in [6.45, 7) is 2.26. The van der Waals surface area contributed by atoms with E-state index in [4.69, 9.17) is 4.74 Å². The molecule has 1 aliphatic rings. The molecule has 3 rings (SSSR count). The first-order chi connectivity index (χ1) is 12.1. The average Bonchev–Trinajstić information content (AvgIpc) is 3.04. The van der Waals surface area contributed by atoms with Gasteiger partial charge in [0, 0.05) is 38.4 Å². The van der Waals surface area contributed by atoms with Crippen LogP contribution in [0, 0.1) is 0 Å². The van der Waals surface area contributed by atoms with Crippen LogP contribution >= 0.6 is 0 Å². The van der Waals surface area contributed by atoms with E-state index in [2.05, 4.69) is 5.32 Å². The molecule has 1 atom stereocenters. The molecule has 0 saturated carbocycles. The molecule has 0 radical (unpaired) electrons. The first-order valence-electron chi connectivity index (χ1n) is 8.37. The van der Waals surface area contributed by atoms with E-state index in [-0.39, 0.29) is 11.8 Å². The number of nitrogens with zero attached hydrogens (tertiary/aromatic N) is 1. The molecule has 5 nitrogen and oxygen atoms in total. The summed E-state index contributed by atoms with van der Waals surface area (Å²) in [5.74, 6) is -0.134. The monoisotopic (exact) mass is 338 g/mol. The van der Waals surface area contributed by atoms with Gasteiger partial charge in [-0.05, 0) is 35.7 Å². The zero-order valence-corrected chi connectivity index (χ0v) is 14.5. The van der Waals surface area contributed by atoms with Crippen molar-refractivity contribution in [3.05, 3.63) is 59.7 Å². The summed E-state index contributed by atoms with van der Waals surface area (Å²) in [5.41, 5.74) is 3.78. The zero-order valence-electron chi connectivity index (χ0n) is 14.5. The van der Waals surface area contributed by atoms with E-state index >= 15 is 0 Å². The molecule has 0 aliphatic carbocycles. The van der Waals surface area contributed by atoms with Gasteiger partial charge in [-0.2, -0.15) is 0 Å². The fourth-order valence-corrected chi connectivity index (χ4v) is 3.14. The highest BCUT2D eigenvalue weighted by Crippen LogP contribution is 2.30. The van der Waals surface area contributed by atoms with Gasteiger partial charge in [-0.15, -0.1) is 0 Å². The van der Waals surface area contributed by atoms with E-state index in [0.717, 1.165) is 28.9 Å². The van der Waals surface area contributed by atoms with Crippen LogP contribution in [-0.2, 0) is 27.2 Å². The Morgan fingerprint density at radius 1 is 1.20 bits per heavy atom. The number of ether oxygens (including phenoxy) is 1. The van der Waals surface area contributed by atoms with Crippen LogP contribution in [0.5, 0.6) is 0 Å². The molecular formula is C20H22N2O3. The predicted molar refractivity (Wildman–Crippen MR) is 97.7 cm³/mol. The summed E-state index contributed by atoms with van der Waals surface area (Å²) in [5, 5.41) is 2.92. The van der Waals surface area contributed by atoms with Crippen molar-refractivity contribution in [3.8, 4) is 0 Å². The molecule has 0 fully saturated rings. The third kappa shape index (κ3) is 3.88. The Hall–Kier alpha value is -2.66. The summed E-state index contributed by atoms with van der Waals surface area (Å²) >= 11 is 0. The SMILES string of the molecule is COC(Cc1ccccc1)C(=O)Nc1ccc2c(c1)CCN2C(C)=O. The number of anilines is 2. The van der Waals surface area contributed by atoms with Gasteiger partial charge in [0.2, 0.25) is 5.91 Å². The Morgan fingerprint density at radius 3 is 2.64 bits per heavy atom. The number of carbonyl (C=O) groups excluding carboxylic acids is 2. The molecule has 2 aromatic carbocycles. The minimum atomic E-state index is -0.552. The van der Waals surface area contributed by atoms with E-state index in [1.165, 1.54) is 0 Å². The second kappa shape index (κ2) is 7.49. The van der Waals surface area contributed by atoms with Crippen molar-refractivity contribution >= 4 is 23.2 Å². The van der Waals surface area contributed by atoms with Crippen LogP contribution in [0.25, 0.3) is 0 Å². The number of nitrogens with one attached hydrogen (secondary N) is 1. The second-order valence-corrected chi connectivity index (χ2v) is 6.17. The number of amides is 2. The van der Waals surface area contributed by atoms with Crippen molar-refractivity contribution in [1.82, 2.24) is 0 Å². The van der Waals surface area contributed by atoms with Crippen LogP contribution in [0.15, 0.2) is 48.5 Å². The summed E-state index contributed by atoms with van der Waals surface area (Å²) in [6.07, 6.45) is 0.770. The summed E-state index contributed by atoms with van der Waals surface area (Å²) < 4.78 is 5.36. The fourth-order valence-electron chi connectivity index (χ4n) is 3.14. The number of benzene rings is 2. The average molecular weight is 338 g/mol. The lowest BCUT2D eigenvalue weighted by Crippen LogP contribution is -2.31. The van der Waals surface area contributed by atoms with Crippen molar-refractivity contribution in [2.45, 2.75) is 25.9 Å². The third-order valence-corrected chi connectivity index (χ3v) is 4.46. The molecule has 2 amide bonds. The molecule has 1 heterocycles. The highest BCUT2D eigenvalue weighted by Gasteiger charge is 2.23. The first-order valence-corrected chi connectivity index (χ1v) is 8.37. The Labute approximate surface area is 147 Å². The van der Waals surface area contributed by atoms with Crippen molar-refractivity contribution < 1.29 is 14.3 Å². The normalized spacial score (nSPS) is 14.1. The maximum absolute atomic E-state index is 12.5. The second-order valence-electron chi connectivity index (χ2n) is 6.17. The smallest absolute Gasteiger partial charge is 0.253 e. The summed E-state index contributed by atoms with van der Waals surface area (Å²) in [4.78, 5) is 25.9. The van der Waals surface area contributed by atoms with Crippen molar-refractivity contribution in [3.63, 3.8) is 0 Å². The van der Waals surface area contributed by atoms with Crippen molar-refractivity contribution in [1.29, 1.82) is 0 Å². The highest BCUT2D eigenvalue weighted by atomic mass is 16.5. The summed E-state index contributed by atoms with van der Waals surface area (Å²) in [6, 6.07) is 15.4. The molecule has 130 valence electrons. The predicted octanol–water partition coefficient (Wildman–Crippen LogP) is 2.79. The van der Waals surface area contributed by atoms with Crippen LogP contribution in [-0.4, -0.2) is 31.6 Å². The van der Waals surface area contributed by atoms with E-state index in [9.17, 15) is 9.59 Å². The largest absolute Gasteiger partial charge is 0.371 e. The molecule has 0 bridgehead atoms. The third-order valence-electron chi connectivity index (χ3n) is 4.46. The Balaban J connectivity index is 1.69. The Bertz CT molecular complexity index is 774. The minimum Gasteiger partial charge on any atom is -0.371 e. The van der Waals surface area contributed by atoms with Gasteiger partial charge in [0.1, 0.15) is 6.10 Å². The van der Waals surface area contributed by atoms with Crippen LogP contribution in [0.4, 0.5) is 11.4 Å². The van der Waals surface area contributed by atoms with E-state index in [1.807, 2.05) is 48.5 Å². The first kappa shape index (κ1) is 17.2. The number of fused-ring (bicyclic) bond motifs is 1. The molecule has 1 aliphatic heterocycles. The van der Waals surface area contributed by atoms with Gasteiger partial charge in [0.15, 0.2) is 0 Å². The minimum absolute atomic E-state index is 0.0397. The van der Waals surface area contributed by atoms with Crippen molar-refractivity contribution in [2.75, 3.05) is 23.9 Å². The van der Waals surface area contributed by atoms with Gasteiger partial charge in [0.25, 0.3) is 5.91 Å². The van der Waals surface area contributed by atoms with Crippen LogP contribution in [0.1, 0.15) is 18.1 Å². The highest BCUT2D eigenvalue weighted by molar-refractivity contribution is 5.97. The van der Waals surface area contributed by atoms with Crippen molar-refractivity contribution in [2.24, 2.45) is 0 Å². The van der Waals surface area contributed by atoms with Gasteiger partial charge in [-0.25, -0.2) is 0 Å². The molecule has 5 heteroatoms. The topological polar surface area (TPSA) is 58.6 Å². The Kier molecular flexibility index (Phi) is 5.14. The maximum atomic E-state index is 12.5. The molecule has 2 aromatic rings. The maximum Gasteiger partial charge on any atom is 0.253 e. The zero-order chi connectivity index (χ0) is 17.8. The number of hydrogen-bond acceptors (Lipinski definition) is 3. The van der Waals surface area contributed by atoms with E-state index < -0.39 is 6.10 Å². The van der Waals surface area contributed by atoms with Crippen LogP contribution in [0.2, 0.25) is 0 Å². The molecule has 1 N–H and O–H groups in total. The van der Waals surface area contributed by atoms with Gasteiger partial charge in [0.05, 0.1) is 0 Å². The van der Waals surface area contributed by atoms with Gasteiger partial charge >= 0.3 is 0 Å². The molecule has 0 aromatic heterocycles. The van der Waals surface area contributed by atoms with E-state index in [1.54, 1.807) is 18.9 Å². The van der Waals surface area contributed by atoms with Crippen LogP contribution in [0.3, 0.4) is 0 Å². The van der Waals surface area contributed by atoms with Gasteiger partial charge in [-0.1, -0.05) is 30.3 Å². The molecule has 1 unspecified atom stereocenters. The lowest BCUT2D eigenvalue weighted by molar-refractivity contribution is -0.125. The number of rotatable bonds is 5. The van der Waals surface area contributed by atoms with Gasteiger partial charge in [-0.3, -0.25) is 9.59 Å².